The van der Waals surface area contributed by atoms with Gasteiger partial charge in [0.25, 0.3) is 0 Å². The van der Waals surface area contributed by atoms with Crippen LogP contribution in [0.1, 0.15) is 30.0 Å². The van der Waals surface area contributed by atoms with Crippen LogP contribution >= 0.6 is 0 Å². The molecule has 1 unspecified atom stereocenters. The molecular weight excluding hydrogens is 281 g/mol. The molecule has 6 heteroatoms. The van der Waals surface area contributed by atoms with E-state index in [-0.39, 0.29) is 11.9 Å². The maximum Gasteiger partial charge on any atom is 0.416 e. The van der Waals surface area contributed by atoms with Crippen molar-refractivity contribution in [2.45, 2.75) is 25.1 Å². The highest BCUT2D eigenvalue weighted by atomic mass is 19.4. The average molecular weight is 296 g/mol. The fraction of sp³-hybridized carbons (Fsp3) is 0.400. The van der Waals surface area contributed by atoms with E-state index in [1.54, 1.807) is 5.01 Å². The lowest BCUT2D eigenvalue weighted by Gasteiger charge is -2.40. The lowest BCUT2D eigenvalue weighted by Crippen LogP contribution is -2.46. The lowest BCUT2D eigenvalue weighted by atomic mass is 9.96. The summed E-state index contributed by atoms with van der Waals surface area (Å²) in [5.74, 6) is 0.0489. The highest BCUT2D eigenvalue weighted by Crippen LogP contribution is 2.37. The average Bonchev–Trinajstić information content (AvgIpc) is 2.79. The molecule has 2 aliphatic heterocycles. The Balaban J connectivity index is 1.88. The zero-order chi connectivity index (χ0) is 15.2. The molecule has 2 aliphatic rings. The fourth-order valence-corrected chi connectivity index (χ4v) is 2.95. The van der Waals surface area contributed by atoms with Gasteiger partial charge in [0, 0.05) is 13.0 Å². The minimum Gasteiger partial charge on any atom is -0.273 e. The number of nitrogens with zero attached hydrogens (tertiary/aromatic N) is 2. The van der Waals surface area contributed by atoms with Crippen molar-refractivity contribution in [1.29, 1.82) is 0 Å². The van der Waals surface area contributed by atoms with E-state index in [0.717, 1.165) is 23.3 Å². The number of alkyl halides is 3. The van der Waals surface area contributed by atoms with Crippen LogP contribution in [0, 0.1) is 0 Å². The van der Waals surface area contributed by atoms with E-state index in [9.17, 15) is 18.0 Å². The number of rotatable bonds is 1. The number of hydrogen-bond acceptors (Lipinski definition) is 2. The molecule has 2 fully saturated rings. The standard InChI is InChI=1S/C15H15F3N2O/c1-10-8-13(19-7-6-14(21)20(19)9-10)11-2-4-12(5-3-11)15(16,17)18/h2-5,13H,1,6-9H2. The summed E-state index contributed by atoms with van der Waals surface area (Å²) in [6.07, 6.45) is -3.22. The molecule has 0 saturated carbocycles. The van der Waals surface area contributed by atoms with Crippen LogP contribution in [0.4, 0.5) is 13.2 Å². The summed E-state index contributed by atoms with van der Waals surface area (Å²) in [6, 6.07) is 5.06. The number of carbonyl (C=O) groups excluding carboxylic acids is 1. The molecule has 0 bridgehead atoms. The van der Waals surface area contributed by atoms with Gasteiger partial charge >= 0.3 is 6.18 Å². The summed E-state index contributed by atoms with van der Waals surface area (Å²) in [5, 5.41) is 3.60. The molecule has 0 radical (unpaired) electrons. The second kappa shape index (κ2) is 4.87. The van der Waals surface area contributed by atoms with Crippen LogP contribution in [0.25, 0.3) is 0 Å². The molecule has 1 aromatic carbocycles. The zero-order valence-corrected chi connectivity index (χ0v) is 11.4. The molecule has 21 heavy (non-hydrogen) atoms. The second-order valence-corrected chi connectivity index (χ2v) is 5.45. The normalized spacial score (nSPS) is 23.6. The van der Waals surface area contributed by atoms with Gasteiger partial charge in [0.2, 0.25) is 5.91 Å². The van der Waals surface area contributed by atoms with Gasteiger partial charge in [-0.3, -0.25) is 9.80 Å². The van der Waals surface area contributed by atoms with Gasteiger partial charge in [0.15, 0.2) is 0 Å². The van der Waals surface area contributed by atoms with Crippen LogP contribution in [-0.2, 0) is 11.0 Å². The van der Waals surface area contributed by atoms with Gasteiger partial charge < -0.3 is 0 Å². The molecule has 3 rings (SSSR count). The predicted molar refractivity (Wildman–Crippen MR) is 71.0 cm³/mol. The smallest absolute Gasteiger partial charge is 0.273 e. The van der Waals surface area contributed by atoms with E-state index in [2.05, 4.69) is 6.58 Å². The molecule has 1 amide bonds. The SMILES string of the molecule is C=C1CC(c2ccc(C(F)(F)F)cc2)N2CCC(=O)N2C1. The van der Waals surface area contributed by atoms with Crippen molar-refractivity contribution in [3.63, 3.8) is 0 Å². The van der Waals surface area contributed by atoms with Crippen molar-refractivity contribution in [2.75, 3.05) is 13.1 Å². The molecule has 1 atom stereocenters. The van der Waals surface area contributed by atoms with E-state index in [0.29, 0.717) is 25.9 Å². The molecule has 0 spiro atoms. The molecule has 1 aromatic rings. The first kappa shape index (κ1) is 14.1. The van der Waals surface area contributed by atoms with E-state index in [4.69, 9.17) is 0 Å². The van der Waals surface area contributed by atoms with E-state index in [1.807, 2.05) is 5.01 Å². The fourth-order valence-electron chi connectivity index (χ4n) is 2.95. The molecule has 112 valence electrons. The maximum absolute atomic E-state index is 12.6. The molecule has 0 N–H and O–H groups in total. The predicted octanol–water partition coefficient (Wildman–Crippen LogP) is 3.16. The molecule has 2 saturated heterocycles. The van der Waals surface area contributed by atoms with Crippen LogP contribution < -0.4 is 0 Å². The van der Waals surface area contributed by atoms with Crippen molar-refractivity contribution < 1.29 is 18.0 Å². The van der Waals surface area contributed by atoms with Crippen molar-refractivity contribution >= 4 is 5.91 Å². The quantitative estimate of drug-likeness (QED) is 0.743. The van der Waals surface area contributed by atoms with Crippen LogP contribution in [0.5, 0.6) is 0 Å². The van der Waals surface area contributed by atoms with E-state index >= 15 is 0 Å². The summed E-state index contributed by atoms with van der Waals surface area (Å²) in [7, 11) is 0. The molecule has 2 heterocycles. The minimum absolute atomic E-state index is 0.0489. The topological polar surface area (TPSA) is 23.6 Å². The Bertz CT molecular complexity index is 580. The minimum atomic E-state index is -4.33. The Morgan fingerprint density at radius 3 is 2.48 bits per heavy atom. The first-order valence-corrected chi connectivity index (χ1v) is 6.77. The Labute approximate surface area is 120 Å². The van der Waals surface area contributed by atoms with Gasteiger partial charge in [-0.05, 0) is 24.1 Å². The van der Waals surface area contributed by atoms with Gasteiger partial charge in [-0.1, -0.05) is 24.3 Å². The molecule has 3 nitrogen and oxygen atoms in total. The van der Waals surface area contributed by atoms with Crippen molar-refractivity contribution in [3.8, 4) is 0 Å². The first-order valence-electron chi connectivity index (χ1n) is 6.77. The number of hydrogen-bond donors (Lipinski definition) is 0. The summed E-state index contributed by atoms with van der Waals surface area (Å²) >= 11 is 0. The number of fused-ring (bicyclic) bond motifs is 1. The number of amides is 1. The Morgan fingerprint density at radius 2 is 1.86 bits per heavy atom. The van der Waals surface area contributed by atoms with Gasteiger partial charge in [-0.2, -0.15) is 13.2 Å². The molecular formula is C15H15F3N2O. The second-order valence-electron chi connectivity index (χ2n) is 5.45. The van der Waals surface area contributed by atoms with Crippen LogP contribution in [0.3, 0.4) is 0 Å². The van der Waals surface area contributed by atoms with E-state index in [1.165, 1.54) is 12.1 Å². The number of halogens is 3. The monoisotopic (exact) mass is 296 g/mol. The summed E-state index contributed by atoms with van der Waals surface area (Å²) in [6.45, 7) is 5.06. The Hall–Kier alpha value is -1.82. The van der Waals surface area contributed by atoms with Crippen LogP contribution in [0.2, 0.25) is 0 Å². The zero-order valence-electron chi connectivity index (χ0n) is 11.4. The summed E-state index contributed by atoms with van der Waals surface area (Å²) < 4.78 is 37.8. The summed E-state index contributed by atoms with van der Waals surface area (Å²) in [5.41, 5.74) is 1.05. The highest BCUT2D eigenvalue weighted by molar-refractivity contribution is 5.78. The maximum atomic E-state index is 12.6. The number of hydrazine groups is 1. The van der Waals surface area contributed by atoms with Gasteiger partial charge in [0.05, 0.1) is 18.2 Å². The van der Waals surface area contributed by atoms with Crippen molar-refractivity contribution in [2.24, 2.45) is 0 Å². The molecule has 0 aromatic heterocycles. The highest BCUT2D eigenvalue weighted by Gasteiger charge is 2.39. The Morgan fingerprint density at radius 1 is 1.19 bits per heavy atom. The molecule has 0 aliphatic carbocycles. The van der Waals surface area contributed by atoms with Crippen LogP contribution in [0.15, 0.2) is 36.4 Å². The van der Waals surface area contributed by atoms with Gasteiger partial charge in [-0.25, -0.2) is 5.01 Å². The Kier molecular flexibility index (Phi) is 3.28. The first-order chi connectivity index (χ1) is 9.86. The lowest BCUT2D eigenvalue weighted by molar-refractivity contribution is -0.142. The van der Waals surface area contributed by atoms with Gasteiger partial charge in [0.1, 0.15) is 0 Å². The van der Waals surface area contributed by atoms with E-state index < -0.39 is 11.7 Å². The summed E-state index contributed by atoms with van der Waals surface area (Å²) in [4.78, 5) is 11.8. The third kappa shape index (κ3) is 2.55. The third-order valence-electron chi connectivity index (χ3n) is 3.99. The van der Waals surface area contributed by atoms with Gasteiger partial charge in [-0.15, -0.1) is 0 Å². The number of carbonyl (C=O) groups is 1. The number of benzene rings is 1. The largest absolute Gasteiger partial charge is 0.416 e. The third-order valence-corrected chi connectivity index (χ3v) is 3.99. The van der Waals surface area contributed by atoms with Crippen molar-refractivity contribution in [1.82, 2.24) is 10.0 Å². The van der Waals surface area contributed by atoms with Crippen molar-refractivity contribution in [3.05, 3.63) is 47.5 Å². The van der Waals surface area contributed by atoms with Crippen LogP contribution in [-0.4, -0.2) is 29.0 Å².